The van der Waals surface area contributed by atoms with E-state index in [4.69, 9.17) is 0 Å². The van der Waals surface area contributed by atoms with Crippen LogP contribution in [0.4, 0.5) is 0 Å². The molecule has 96 valence electrons. The lowest BCUT2D eigenvalue weighted by Crippen LogP contribution is -2.52. The van der Waals surface area contributed by atoms with Crippen molar-refractivity contribution < 1.29 is 0 Å². The Balaban J connectivity index is 0.000000160. The molecule has 0 aromatic heterocycles. The van der Waals surface area contributed by atoms with Gasteiger partial charge < -0.3 is 20.9 Å². The van der Waals surface area contributed by atoms with Crippen LogP contribution in [0, 0.1) is 0 Å². The van der Waals surface area contributed by atoms with Gasteiger partial charge in [0.2, 0.25) is 0 Å². The second-order valence-corrected chi connectivity index (χ2v) is 5.10. The van der Waals surface area contributed by atoms with Crippen LogP contribution in [0.2, 0.25) is 0 Å². The van der Waals surface area contributed by atoms with E-state index in [1.165, 1.54) is 13.1 Å². The van der Waals surface area contributed by atoms with Crippen molar-refractivity contribution >= 4 is 0 Å². The molecule has 0 aliphatic carbocycles. The second-order valence-electron chi connectivity index (χ2n) is 5.10. The van der Waals surface area contributed by atoms with Crippen molar-refractivity contribution in [1.29, 1.82) is 0 Å². The summed E-state index contributed by atoms with van der Waals surface area (Å²) in [4.78, 5) is 2.35. The number of hydrogen-bond donors (Lipinski definition) is 3. The average molecular weight is 228 g/mol. The van der Waals surface area contributed by atoms with Crippen molar-refractivity contribution in [2.45, 2.75) is 38.9 Å². The minimum atomic E-state index is 0.642. The number of likely N-dealkylation sites (N-methyl/N-ethyl adjacent to an activating group) is 1. The molecule has 2 saturated heterocycles. The molecule has 3 unspecified atom stereocenters. The van der Waals surface area contributed by atoms with Crippen molar-refractivity contribution in [2.24, 2.45) is 0 Å². The lowest BCUT2D eigenvalue weighted by Gasteiger charge is -2.28. The fourth-order valence-electron chi connectivity index (χ4n) is 2.08. The maximum absolute atomic E-state index is 3.37. The molecular weight excluding hydrogens is 200 g/mol. The molecule has 0 bridgehead atoms. The van der Waals surface area contributed by atoms with Gasteiger partial charge in [-0.3, -0.25) is 0 Å². The maximum Gasteiger partial charge on any atom is 0.0190 e. The summed E-state index contributed by atoms with van der Waals surface area (Å²) in [7, 11) is 2.16. The van der Waals surface area contributed by atoms with E-state index < -0.39 is 0 Å². The van der Waals surface area contributed by atoms with Gasteiger partial charge in [-0.1, -0.05) is 0 Å². The molecule has 2 aliphatic heterocycles. The second kappa shape index (κ2) is 7.22. The number of rotatable bonds is 0. The zero-order chi connectivity index (χ0) is 12.0. The van der Waals surface area contributed by atoms with Crippen molar-refractivity contribution in [3.8, 4) is 0 Å². The van der Waals surface area contributed by atoms with Gasteiger partial charge in [0.05, 0.1) is 0 Å². The Morgan fingerprint density at radius 3 is 1.75 bits per heavy atom. The predicted molar refractivity (Wildman–Crippen MR) is 69.9 cm³/mol. The molecule has 0 amide bonds. The van der Waals surface area contributed by atoms with Crippen LogP contribution in [0.5, 0.6) is 0 Å². The fourth-order valence-corrected chi connectivity index (χ4v) is 2.08. The number of hydrogen-bond acceptors (Lipinski definition) is 4. The quantitative estimate of drug-likeness (QED) is 0.540. The van der Waals surface area contributed by atoms with Crippen LogP contribution in [-0.4, -0.2) is 62.8 Å². The Morgan fingerprint density at radius 2 is 1.44 bits per heavy atom. The summed E-state index contributed by atoms with van der Waals surface area (Å²) in [6.07, 6.45) is 0. The van der Waals surface area contributed by atoms with E-state index in [9.17, 15) is 0 Å². The minimum Gasteiger partial charge on any atom is -0.312 e. The molecule has 0 aromatic carbocycles. The lowest BCUT2D eigenvalue weighted by atomic mass is 10.1. The molecule has 3 N–H and O–H groups in total. The van der Waals surface area contributed by atoms with E-state index in [-0.39, 0.29) is 0 Å². The topological polar surface area (TPSA) is 39.3 Å². The van der Waals surface area contributed by atoms with E-state index >= 15 is 0 Å². The molecule has 3 atom stereocenters. The summed E-state index contributed by atoms with van der Waals surface area (Å²) < 4.78 is 0. The summed E-state index contributed by atoms with van der Waals surface area (Å²) in [5.41, 5.74) is 0. The van der Waals surface area contributed by atoms with Gasteiger partial charge in [-0.2, -0.15) is 0 Å². The maximum atomic E-state index is 3.37. The molecule has 2 fully saturated rings. The SMILES string of the molecule is CC1CN(C)CCN1.CC1NCCNC1C. The van der Waals surface area contributed by atoms with Gasteiger partial charge in [-0.25, -0.2) is 0 Å². The number of nitrogens with zero attached hydrogens (tertiary/aromatic N) is 1. The molecule has 0 saturated carbocycles. The van der Waals surface area contributed by atoms with Crippen molar-refractivity contribution in [3.05, 3.63) is 0 Å². The molecule has 2 rings (SSSR count). The Hall–Kier alpha value is -0.160. The third-order valence-corrected chi connectivity index (χ3v) is 3.38. The van der Waals surface area contributed by atoms with E-state index in [2.05, 4.69) is 48.7 Å². The molecule has 0 spiro atoms. The van der Waals surface area contributed by atoms with Crippen molar-refractivity contribution in [1.82, 2.24) is 20.9 Å². The fraction of sp³-hybridized carbons (Fsp3) is 1.00. The molecule has 4 heteroatoms. The third-order valence-electron chi connectivity index (χ3n) is 3.38. The summed E-state index contributed by atoms with van der Waals surface area (Å²) in [5.74, 6) is 0. The standard InChI is InChI=1S/2C6H14N2/c1-6-5-8(2)4-3-7-6;1-5-6(2)8-4-3-7-5/h6-7H,3-5H2,1-2H3;5-8H,3-4H2,1-2H3. The Kier molecular flexibility index (Phi) is 6.28. The van der Waals surface area contributed by atoms with Gasteiger partial charge in [-0.15, -0.1) is 0 Å². The predicted octanol–water partition coefficient (Wildman–Crippen LogP) is -0.134. The van der Waals surface area contributed by atoms with Crippen LogP contribution < -0.4 is 16.0 Å². The minimum absolute atomic E-state index is 0.642. The van der Waals surface area contributed by atoms with E-state index in [0.29, 0.717) is 18.1 Å². The zero-order valence-corrected chi connectivity index (χ0v) is 11.2. The average Bonchev–Trinajstić information content (AvgIpc) is 2.23. The smallest absolute Gasteiger partial charge is 0.0190 e. The Morgan fingerprint density at radius 1 is 0.875 bits per heavy atom. The monoisotopic (exact) mass is 228 g/mol. The van der Waals surface area contributed by atoms with Crippen molar-refractivity contribution in [2.75, 3.05) is 39.8 Å². The zero-order valence-electron chi connectivity index (χ0n) is 11.2. The van der Waals surface area contributed by atoms with Gasteiger partial charge in [0.25, 0.3) is 0 Å². The Labute approximate surface area is 100 Å². The first-order chi connectivity index (χ1) is 7.59. The Bertz CT molecular complexity index is 168. The first kappa shape index (κ1) is 13.9. The van der Waals surface area contributed by atoms with E-state index in [0.717, 1.165) is 19.6 Å². The first-order valence-electron chi connectivity index (χ1n) is 6.48. The van der Waals surface area contributed by atoms with Gasteiger partial charge in [0, 0.05) is 50.8 Å². The largest absolute Gasteiger partial charge is 0.312 e. The number of piperazine rings is 2. The third kappa shape index (κ3) is 5.25. The molecular formula is C12H28N4. The van der Waals surface area contributed by atoms with E-state index in [1.807, 2.05) is 0 Å². The first-order valence-corrected chi connectivity index (χ1v) is 6.48. The van der Waals surface area contributed by atoms with Gasteiger partial charge in [0.1, 0.15) is 0 Å². The number of nitrogens with one attached hydrogen (secondary N) is 3. The van der Waals surface area contributed by atoms with Crippen LogP contribution in [0.1, 0.15) is 20.8 Å². The summed E-state index contributed by atoms with van der Waals surface area (Å²) in [5, 5.41) is 10.1. The van der Waals surface area contributed by atoms with Gasteiger partial charge >= 0.3 is 0 Å². The highest BCUT2D eigenvalue weighted by atomic mass is 15.2. The van der Waals surface area contributed by atoms with Crippen LogP contribution >= 0.6 is 0 Å². The lowest BCUT2D eigenvalue weighted by molar-refractivity contribution is 0.248. The highest BCUT2D eigenvalue weighted by Crippen LogP contribution is 1.93. The molecule has 0 aromatic rings. The van der Waals surface area contributed by atoms with Crippen LogP contribution in [0.25, 0.3) is 0 Å². The van der Waals surface area contributed by atoms with Crippen LogP contribution in [-0.2, 0) is 0 Å². The van der Waals surface area contributed by atoms with E-state index in [1.54, 1.807) is 0 Å². The summed E-state index contributed by atoms with van der Waals surface area (Å²) >= 11 is 0. The molecule has 2 heterocycles. The van der Waals surface area contributed by atoms with Crippen LogP contribution in [0.15, 0.2) is 0 Å². The van der Waals surface area contributed by atoms with Crippen molar-refractivity contribution in [3.63, 3.8) is 0 Å². The highest BCUT2D eigenvalue weighted by molar-refractivity contribution is 4.79. The van der Waals surface area contributed by atoms with Gasteiger partial charge in [0.15, 0.2) is 0 Å². The van der Waals surface area contributed by atoms with Gasteiger partial charge in [-0.05, 0) is 27.8 Å². The summed E-state index contributed by atoms with van der Waals surface area (Å²) in [6.45, 7) is 12.4. The summed E-state index contributed by atoms with van der Waals surface area (Å²) in [6, 6.07) is 1.97. The normalized spacial score (nSPS) is 36.4. The molecule has 16 heavy (non-hydrogen) atoms. The molecule has 4 nitrogen and oxygen atoms in total. The highest BCUT2D eigenvalue weighted by Gasteiger charge is 2.13. The molecule has 2 aliphatic rings. The van der Waals surface area contributed by atoms with Crippen LogP contribution in [0.3, 0.4) is 0 Å². The molecule has 0 radical (unpaired) electrons.